The predicted molar refractivity (Wildman–Crippen MR) is 84.1 cm³/mol. The van der Waals surface area contributed by atoms with Gasteiger partial charge in [0.25, 0.3) is 0 Å². The Kier molecular flexibility index (Phi) is 4.79. The van der Waals surface area contributed by atoms with Crippen LogP contribution in [0.15, 0.2) is 18.2 Å². The lowest BCUT2D eigenvalue weighted by atomic mass is 10.0. The zero-order chi connectivity index (χ0) is 15.5. The smallest absolute Gasteiger partial charge is 0.165 e. The van der Waals surface area contributed by atoms with Crippen LogP contribution in [0, 0.1) is 0 Å². The average Bonchev–Trinajstić information content (AvgIpc) is 2.77. The van der Waals surface area contributed by atoms with E-state index in [0.717, 1.165) is 30.9 Å². The fourth-order valence-electron chi connectivity index (χ4n) is 2.52. The van der Waals surface area contributed by atoms with Crippen molar-refractivity contribution in [1.29, 1.82) is 0 Å². The maximum absolute atomic E-state index is 9.59. The molecule has 2 rings (SSSR count). The van der Waals surface area contributed by atoms with E-state index in [1.807, 2.05) is 19.1 Å². The number of nitrogens with one attached hydrogen (secondary N) is 1. The van der Waals surface area contributed by atoms with E-state index in [0.29, 0.717) is 6.61 Å². The molecular formula is C17H27NO3. The van der Waals surface area contributed by atoms with Gasteiger partial charge in [-0.2, -0.15) is 0 Å². The van der Waals surface area contributed by atoms with Gasteiger partial charge in [0.1, 0.15) is 12.2 Å². The summed E-state index contributed by atoms with van der Waals surface area (Å²) < 4.78 is 11.9. The average molecular weight is 293 g/mol. The molecule has 1 aliphatic rings. The van der Waals surface area contributed by atoms with E-state index in [1.165, 1.54) is 5.56 Å². The third kappa shape index (κ3) is 3.89. The Bertz CT molecular complexity index is 487. The Morgan fingerprint density at radius 2 is 2.19 bits per heavy atom. The predicted octanol–water partition coefficient (Wildman–Crippen LogP) is 2.53. The zero-order valence-electron chi connectivity index (χ0n) is 13.5. The van der Waals surface area contributed by atoms with Crippen molar-refractivity contribution < 1.29 is 14.6 Å². The first-order valence-electron chi connectivity index (χ1n) is 7.69. The summed E-state index contributed by atoms with van der Waals surface area (Å²) in [7, 11) is 0. The molecule has 0 radical (unpaired) electrons. The maximum atomic E-state index is 9.59. The standard InChI is InChI=1S/C17H27NO3/c1-5-9-18-17(4,11-19)12-20-14-8-6-7-13-10-16(2,3)21-15(13)14/h6-8,18-19H,5,9-12H2,1-4H3. The molecule has 2 N–H and O–H groups in total. The molecule has 0 amide bonds. The number of ether oxygens (including phenoxy) is 2. The first-order valence-corrected chi connectivity index (χ1v) is 7.69. The number of aliphatic hydroxyl groups excluding tert-OH is 1. The van der Waals surface area contributed by atoms with E-state index in [-0.39, 0.29) is 12.2 Å². The molecule has 1 aromatic carbocycles. The van der Waals surface area contributed by atoms with Crippen LogP contribution in [0.2, 0.25) is 0 Å². The van der Waals surface area contributed by atoms with Crippen LogP contribution in [0.4, 0.5) is 0 Å². The van der Waals surface area contributed by atoms with Crippen molar-refractivity contribution in [1.82, 2.24) is 5.32 Å². The quantitative estimate of drug-likeness (QED) is 0.811. The van der Waals surface area contributed by atoms with Gasteiger partial charge in [-0.05, 0) is 39.8 Å². The molecule has 0 fully saturated rings. The third-order valence-electron chi connectivity index (χ3n) is 3.75. The molecular weight excluding hydrogens is 266 g/mol. The second-order valence-corrected chi connectivity index (χ2v) is 6.72. The van der Waals surface area contributed by atoms with Gasteiger partial charge in [0.2, 0.25) is 0 Å². The SMILES string of the molecule is CCCNC(C)(CO)COc1cccc2c1OC(C)(C)C2. The molecule has 0 saturated heterocycles. The monoisotopic (exact) mass is 293 g/mol. The van der Waals surface area contributed by atoms with Crippen molar-refractivity contribution in [2.75, 3.05) is 19.8 Å². The van der Waals surface area contributed by atoms with Crippen LogP contribution in [0.1, 0.15) is 39.7 Å². The molecule has 0 aliphatic carbocycles. The highest BCUT2D eigenvalue weighted by Crippen LogP contribution is 2.41. The minimum absolute atomic E-state index is 0.0361. The normalized spacial score (nSPS) is 18.7. The van der Waals surface area contributed by atoms with Crippen molar-refractivity contribution in [2.24, 2.45) is 0 Å². The number of aliphatic hydroxyl groups is 1. The van der Waals surface area contributed by atoms with Gasteiger partial charge in [0.05, 0.1) is 12.1 Å². The highest BCUT2D eigenvalue weighted by molar-refractivity contribution is 5.50. The van der Waals surface area contributed by atoms with Crippen molar-refractivity contribution in [3.05, 3.63) is 23.8 Å². The van der Waals surface area contributed by atoms with E-state index in [4.69, 9.17) is 9.47 Å². The van der Waals surface area contributed by atoms with Gasteiger partial charge in [0, 0.05) is 12.0 Å². The summed E-state index contributed by atoms with van der Waals surface area (Å²) >= 11 is 0. The lowest BCUT2D eigenvalue weighted by Crippen LogP contribution is -2.50. The summed E-state index contributed by atoms with van der Waals surface area (Å²) in [4.78, 5) is 0. The molecule has 1 aliphatic heterocycles. The maximum Gasteiger partial charge on any atom is 0.165 e. The fourth-order valence-corrected chi connectivity index (χ4v) is 2.52. The molecule has 0 saturated carbocycles. The van der Waals surface area contributed by atoms with E-state index < -0.39 is 5.54 Å². The largest absolute Gasteiger partial charge is 0.488 e. The summed E-state index contributed by atoms with van der Waals surface area (Å²) in [6, 6.07) is 6.00. The van der Waals surface area contributed by atoms with Crippen LogP contribution < -0.4 is 14.8 Å². The Morgan fingerprint density at radius 3 is 2.86 bits per heavy atom. The van der Waals surface area contributed by atoms with Crippen LogP contribution >= 0.6 is 0 Å². The lowest BCUT2D eigenvalue weighted by molar-refractivity contribution is 0.104. The van der Waals surface area contributed by atoms with Crippen LogP contribution in [0.25, 0.3) is 0 Å². The minimum atomic E-state index is -0.438. The van der Waals surface area contributed by atoms with Crippen molar-refractivity contribution in [2.45, 2.75) is 51.7 Å². The number of benzene rings is 1. The van der Waals surface area contributed by atoms with Crippen LogP contribution in [-0.4, -0.2) is 36.0 Å². The molecule has 21 heavy (non-hydrogen) atoms. The van der Waals surface area contributed by atoms with Gasteiger partial charge >= 0.3 is 0 Å². The summed E-state index contributed by atoms with van der Waals surface area (Å²) in [5, 5.41) is 12.9. The van der Waals surface area contributed by atoms with Gasteiger partial charge in [0.15, 0.2) is 11.5 Å². The van der Waals surface area contributed by atoms with Gasteiger partial charge in [-0.1, -0.05) is 19.1 Å². The molecule has 1 heterocycles. The first-order chi connectivity index (χ1) is 9.89. The van der Waals surface area contributed by atoms with E-state index >= 15 is 0 Å². The molecule has 0 spiro atoms. The summed E-state index contributed by atoms with van der Waals surface area (Å²) in [6.07, 6.45) is 1.92. The number of para-hydroxylation sites is 1. The number of hydrogen-bond acceptors (Lipinski definition) is 4. The van der Waals surface area contributed by atoms with Gasteiger partial charge < -0.3 is 19.9 Å². The van der Waals surface area contributed by atoms with E-state index in [1.54, 1.807) is 0 Å². The molecule has 0 bridgehead atoms. The summed E-state index contributed by atoms with van der Waals surface area (Å²) in [6.45, 7) is 9.53. The van der Waals surface area contributed by atoms with Crippen molar-refractivity contribution >= 4 is 0 Å². The zero-order valence-corrected chi connectivity index (χ0v) is 13.5. The molecule has 1 aromatic rings. The summed E-state index contributed by atoms with van der Waals surface area (Å²) in [5.74, 6) is 1.61. The Morgan fingerprint density at radius 1 is 1.43 bits per heavy atom. The first kappa shape index (κ1) is 16.1. The number of rotatable bonds is 7. The third-order valence-corrected chi connectivity index (χ3v) is 3.75. The second kappa shape index (κ2) is 6.24. The second-order valence-electron chi connectivity index (χ2n) is 6.72. The molecule has 1 unspecified atom stereocenters. The highest BCUT2D eigenvalue weighted by Gasteiger charge is 2.33. The molecule has 4 nitrogen and oxygen atoms in total. The Labute approximate surface area is 127 Å². The van der Waals surface area contributed by atoms with Crippen molar-refractivity contribution in [3.8, 4) is 11.5 Å². The van der Waals surface area contributed by atoms with Crippen LogP contribution in [0.5, 0.6) is 11.5 Å². The number of fused-ring (bicyclic) bond motifs is 1. The van der Waals surface area contributed by atoms with Crippen LogP contribution in [0.3, 0.4) is 0 Å². The van der Waals surface area contributed by atoms with E-state index in [2.05, 4.69) is 32.2 Å². The van der Waals surface area contributed by atoms with Crippen molar-refractivity contribution in [3.63, 3.8) is 0 Å². The van der Waals surface area contributed by atoms with Gasteiger partial charge in [-0.15, -0.1) is 0 Å². The van der Waals surface area contributed by atoms with Gasteiger partial charge in [-0.25, -0.2) is 0 Å². The number of hydrogen-bond donors (Lipinski definition) is 2. The van der Waals surface area contributed by atoms with E-state index in [9.17, 15) is 5.11 Å². The molecule has 1 atom stereocenters. The highest BCUT2D eigenvalue weighted by atomic mass is 16.5. The fraction of sp³-hybridized carbons (Fsp3) is 0.647. The Hall–Kier alpha value is -1.26. The topological polar surface area (TPSA) is 50.7 Å². The molecule has 118 valence electrons. The minimum Gasteiger partial charge on any atom is -0.488 e. The van der Waals surface area contributed by atoms with Gasteiger partial charge in [-0.3, -0.25) is 0 Å². The van der Waals surface area contributed by atoms with Crippen LogP contribution in [-0.2, 0) is 6.42 Å². The Balaban J connectivity index is 2.06. The molecule has 4 heteroatoms. The lowest BCUT2D eigenvalue weighted by Gasteiger charge is -2.29. The molecule has 0 aromatic heterocycles. The summed E-state index contributed by atoms with van der Waals surface area (Å²) in [5.41, 5.74) is 0.569.